The van der Waals surface area contributed by atoms with Gasteiger partial charge in [-0.05, 0) is 43.4 Å². The predicted octanol–water partition coefficient (Wildman–Crippen LogP) is 2.88. The summed E-state index contributed by atoms with van der Waals surface area (Å²) in [4.78, 5) is 41.9. The van der Waals surface area contributed by atoms with Crippen LogP contribution in [0.15, 0.2) is 48.5 Å². The molecule has 6 nitrogen and oxygen atoms in total. The van der Waals surface area contributed by atoms with Gasteiger partial charge in [-0.15, -0.1) is 0 Å². The number of carbonyl (C=O) groups is 3. The van der Waals surface area contributed by atoms with Crippen molar-refractivity contribution in [1.29, 1.82) is 0 Å². The maximum absolute atomic E-state index is 13.6. The standard InChI is InChI=1S/C24H25F2N3O3/c25-18-12-17(13-19(26)14-18)23(31)29-11-5-9-21(29)24(32)28-10-4-8-20(28)22(30)27-15-16-6-2-1-3-7-16/h1-3,6-7,12-14,20-21H,4-5,8-11,15H2,(H,27,30)/t20-,21-/m1/s1. The number of rotatable bonds is 5. The summed E-state index contributed by atoms with van der Waals surface area (Å²) < 4.78 is 27.2. The molecule has 0 saturated carbocycles. The van der Waals surface area contributed by atoms with Crippen molar-refractivity contribution in [2.75, 3.05) is 13.1 Å². The fourth-order valence-corrected chi connectivity index (χ4v) is 4.51. The third-order valence-corrected chi connectivity index (χ3v) is 6.06. The molecule has 2 aliphatic heterocycles. The van der Waals surface area contributed by atoms with Crippen molar-refractivity contribution in [2.24, 2.45) is 0 Å². The highest BCUT2D eigenvalue weighted by Crippen LogP contribution is 2.26. The summed E-state index contributed by atoms with van der Waals surface area (Å²) in [5.41, 5.74) is 0.840. The third kappa shape index (κ3) is 4.64. The highest BCUT2D eigenvalue weighted by molar-refractivity contribution is 5.99. The summed E-state index contributed by atoms with van der Waals surface area (Å²) in [6, 6.07) is 10.8. The first-order valence-corrected chi connectivity index (χ1v) is 10.8. The van der Waals surface area contributed by atoms with Gasteiger partial charge in [0.05, 0.1) is 0 Å². The lowest BCUT2D eigenvalue weighted by Crippen LogP contribution is -2.52. The Labute approximate surface area is 185 Å². The first-order chi connectivity index (χ1) is 15.4. The molecule has 32 heavy (non-hydrogen) atoms. The Bertz CT molecular complexity index is 995. The number of carbonyl (C=O) groups excluding carboxylic acids is 3. The molecule has 0 bridgehead atoms. The summed E-state index contributed by atoms with van der Waals surface area (Å²) in [5.74, 6) is -2.77. The molecule has 0 spiro atoms. The van der Waals surface area contributed by atoms with E-state index < -0.39 is 29.6 Å². The van der Waals surface area contributed by atoms with Crippen molar-refractivity contribution in [1.82, 2.24) is 15.1 Å². The Morgan fingerprint density at radius 2 is 1.50 bits per heavy atom. The quantitative estimate of drug-likeness (QED) is 0.776. The minimum Gasteiger partial charge on any atom is -0.350 e. The molecule has 0 aliphatic carbocycles. The highest BCUT2D eigenvalue weighted by Gasteiger charge is 2.42. The van der Waals surface area contributed by atoms with Crippen LogP contribution in [0.3, 0.4) is 0 Å². The van der Waals surface area contributed by atoms with E-state index in [1.54, 1.807) is 4.90 Å². The van der Waals surface area contributed by atoms with Crippen LogP contribution in [-0.4, -0.2) is 52.7 Å². The van der Waals surface area contributed by atoms with Crippen LogP contribution < -0.4 is 5.32 Å². The largest absolute Gasteiger partial charge is 0.350 e. The van der Waals surface area contributed by atoms with E-state index in [0.717, 1.165) is 17.7 Å². The molecule has 4 rings (SSSR count). The molecule has 0 unspecified atom stereocenters. The zero-order valence-corrected chi connectivity index (χ0v) is 17.6. The van der Waals surface area contributed by atoms with Crippen molar-refractivity contribution in [3.63, 3.8) is 0 Å². The van der Waals surface area contributed by atoms with Gasteiger partial charge in [-0.25, -0.2) is 8.78 Å². The van der Waals surface area contributed by atoms with Crippen molar-refractivity contribution in [3.05, 3.63) is 71.3 Å². The summed E-state index contributed by atoms with van der Waals surface area (Å²) in [6.07, 6.45) is 2.32. The van der Waals surface area contributed by atoms with Gasteiger partial charge in [-0.1, -0.05) is 30.3 Å². The average Bonchev–Trinajstić information content (AvgIpc) is 3.46. The molecule has 8 heteroatoms. The van der Waals surface area contributed by atoms with Crippen molar-refractivity contribution in [2.45, 2.75) is 44.3 Å². The smallest absolute Gasteiger partial charge is 0.254 e. The summed E-state index contributed by atoms with van der Waals surface area (Å²) >= 11 is 0. The SMILES string of the molecule is O=C(NCc1ccccc1)[C@H]1CCCN1C(=O)[C@H]1CCCN1C(=O)c1cc(F)cc(F)c1. The second-order valence-electron chi connectivity index (χ2n) is 8.21. The van der Waals surface area contributed by atoms with E-state index >= 15 is 0 Å². The lowest BCUT2D eigenvalue weighted by Gasteiger charge is -2.31. The van der Waals surface area contributed by atoms with E-state index in [1.165, 1.54) is 4.90 Å². The Balaban J connectivity index is 1.44. The van der Waals surface area contributed by atoms with Gasteiger partial charge >= 0.3 is 0 Å². The number of nitrogens with one attached hydrogen (secondary N) is 1. The minimum atomic E-state index is -0.842. The molecule has 2 heterocycles. The normalized spacial score (nSPS) is 20.4. The van der Waals surface area contributed by atoms with Crippen LogP contribution in [0.4, 0.5) is 8.78 Å². The van der Waals surface area contributed by atoms with Crippen molar-refractivity contribution in [3.8, 4) is 0 Å². The van der Waals surface area contributed by atoms with Crippen LogP contribution in [-0.2, 0) is 16.1 Å². The molecule has 2 aromatic carbocycles. The summed E-state index contributed by atoms with van der Waals surface area (Å²) in [6.45, 7) is 1.14. The minimum absolute atomic E-state index is 0.124. The number of benzene rings is 2. The average molecular weight is 441 g/mol. The molecule has 2 atom stereocenters. The summed E-state index contributed by atoms with van der Waals surface area (Å²) in [5, 5.41) is 2.89. The van der Waals surface area contributed by atoms with Gasteiger partial charge in [0, 0.05) is 31.3 Å². The zero-order chi connectivity index (χ0) is 22.7. The lowest BCUT2D eigenvalue weighted by molar-refractivity contribution is -0.141. The lowest BCUT2D eigenvalue weighted by atomic mass is 10.1. The van der Waals surface area contributed by atoms with E-state index in [9.17, 15) is 23.2 Å². The van der Waals surface area contributed by atoms with E-state index in [-0.39, 0.29) is 17.4 Å². The monoisotopic (exact) mass is 441 g/mol. The van der Waals surface area contributed by atoms with Crippen molar-refractivity contribution < 1.29 is 23.2 Å². The molecule has 1 N–H and O–H groups in total. The molecular formula is C24H25F2N3O3. The Kier molecular flexibility index (Phi) is 6.48. The van der Waals surface area contributed by atoms with Gasteiger partial charge in [0.1, 0.15) is 23.7 Å². The number of nitrogens with zero attached hydrogens (tertiary/aromatic N) is 2. The third-order valence-electron chi connectivity index (χ3n) is 6.06. The number of hydrogen-bond donors (Lipinski definition) is 1. The maximum Gasteiger partial charge on any atom is 0.254 e. The fourth-order valence-electron chi connectivity index (χ4n) is 4.51. The number of hydrogen-bond acceptors (Lipinski definition) is 3. The van der Waals surface area contributed by atoms with Crippen LogP contribution in [0.5, 0.6) is 0 Å². The van der Waals surface area contributed by atoms with Crippen LogP contribution in [0, 0.1) is 11.6 Å². The van der Waals surface area contributed by atoms with E-state index in [0.29, 0.717) is 51.4 Å². The van der Waals surface area contributed by atoms with Crippen molar-refractivity contribution >= 4 is 17.7 Å². The Morgan fingerprint density at radius 3 is 2.19 bits per heavy atom. The van der Waals surface area contributed by atoms with Gasteiger partial charge in [-0.3, -0.25) is 14.4 Å². The number of halogens is 2. The number of amides is 3. The Morgan fingerprint density at radius 1 is 0.875 bits per heavy atom. The van der Waals surface area contributed by atoms with E-state index in [1.807, 2.05) is 30.3 Å². The maximum atomic E-state index is 13.6. The molecule has 168 valence electrons. The predicted molar refractivity (Wildman–Crippen MR) is 113 cm³/mol. The zero-order valence-electron chi connectivity index (χ0n) is 17.6. The molecule has 2 fully saturated rings. The van der Waals surface area contributed by atoms with Crippen LogP contribution in [0.2, 0.25) is 0 Å². The van der Waals surface area contributed by atoms with Gasteiger partial charge in [0.25, 0.3) is 5.91 Å². The second kappa shape index (κ2) is 9.46. The topological polar surface area (TPSA) is 69.7 Å². The summed E-state index contributed by atoms with van der Waals surface area (Å²) in [7, 11) is 0. The number of likely N-dealkylation sites (tertiary alicyclic amines) is 2. The fraction of sp³-hybridized carbons (Fsp3) is 0.375. The van der Waals surface area contributed by atoms with Gasteiger partial charge in [0.2, 0.25) is 11.8 Å². The van der Waals surface area contributed by atoms with E-state index in [4.69, 9.17) is 0 Å². The molecule has 2 aromatic rings. The molecule has 0 aromatic heterocycles. The highest BCUT2D eigenvalue weighted by atomic mass is 19.1. The van der Waals surface area contributed by atoms with Crippen LogP contribution in [0.1, 0.15) is 41.6 Å². The Hall–Kier alpha value is -3.29. The second-order valence-corrected chi connectivity index (χ2v) is 8.21. The molecular weight excluding hydrogens is 416 g/mol. The molecule has 0 radical (unpaired) electrons. The van der Waals surface area contributed by atoms with Crippen LogP contribution in [0.25, 0.3) is 0 Å². The molecule has 2 saturated heterocycles. The first-order valence-electron chi connectivity index (χ1n) is 10.8. The van der Waals surface area contributed by atoms with Gasteiger partial charge in [0.15, 0.2) is 0 Å². The van der Waals surface area contributed by atoms with Crippen LogP contribution >= 0.6 is 0 Å². The molecule has 2 aliphatic rings. The first kappa shape index (κ1) is 21.9. The van der Waals surface area contributed by atoms with Gasteiger partial charge in [-0.2, -0.15) is 0 Å². The van der Waals surface area contributed by atoms with E-state index in [2.05, 4.69) is 5.32 Å². The molecule has 3 amide bonds. The van der Waals surface area contributed by atoms with Gasteiger partial charge < -0.3 is 15.1 Å².